The number of allylic oxidation sites excluding steroid dienone is 1. The van der Waals surface area contributed by atoms with Gasteiger partial charge in [0.25, 0.3) is 5.91 Å². The average molecular weight is 351 g/mol. The molecule has 0 atom stereocenters. The van der Waals surface area contributed by atoms with Crippen molar-refractivity contribution in [3.8, 4) is 0 Å². The predicted molar refractivity (Wildman–Crippen MR) is 99.8 cm³/mol. The maximum Gasteiger partial charge on any atom is 0.255 e. The zero-order valence-corrected chi connectivity index (χ0v) is 14.8. The van der Waals surface area contributed by atoms with Crippen molar-refractivity contribution >= 4 is 35.2 Å². The van der Waals surface area contributed by atoms with E-state index >= 15 is 0 Å². The molecule has 0 aliphatic carbocycles. The van der Waals surface area contributed by atoms with Gasteiger partial charge in [-0.05, 0) is 17.2 Å². The highest BCUT2D eigenvalue weighted by molar-refractivity contribution is 8.04. The molecule has 3 heterocycles. The van der Waals surface area contributed by atoms with Gasteiger partial charge in [0, 0.05) is 19.0 Å². The van der Waals surface area contributed by atoms with Crippen molar-refractivity contribution in [2.45, 2.75) is 0 Å². The summed E-state index contributed by atoms with van der Waals surface area (Å²) in [7, 11) is 3.47. The first-order valence-corrected chi connectivity index (χ1v) is 8.99. The number of amides is 1. The third-order valence-corrected chi connectivity index (χ3v) is 5.48. The van der Waals surface area contributed by atoms with Gasteiger partial charge in [0.15, 0.2) is 5.78 Å². The van der Waals surface area contributed by atoms with Crippen LogP contribution in [0, 0.1) is 0 Å². The zero-order chi connectivity index (χ0) is 17.6. The normalized spacial score (nSPS) is 19.0. The second-order valence-electron chi connectivity index (χ2n) is 6.25. The molecule has 0 unspecified atom stereocenters. The van der Waals surface area contributed by atoms with Gasteiger partial charge in [0.1, 0.15) is 0 Å². The number of hydrogen-bond acceptors (Lipinski definition) is 5. The fourth-order valence-corrected chi connectivity index (χ4v) is 4.22. The van der Waals surface area contributed by atoms with E-state index in [-0.39, 0.29) is 11.7 Å². The van der Waals surface area contributed by atoms with E-state index in [2.05, 4.69) is 5.10 Å². The van der Waals surface area contributed by atoms with E-state index in [1.165, 1.54) is 11.8 Å². The molecule has 6 heteroatoms. The number of Topliss-reactive ketones (excluding diaryl/α,β-unsaturated/α-hetero) is 1. The maximum absolute atomic E-state index is 12.8. The van der Waals surface area contributed by atoms with Gasteiger partial charge in [-0.1, -0.05) is 30.3 Å². The lowest BCUT2D eigenvalue weighted by atomic mass is 9.95. The van der Waals surface area contributed by atoms with Crippen molar-refractivity contribution in [2.75, 3.05) is 26.4 Å². The standard InChI is InChI=1S/C19H17N3O2S/c1-21(2)19(24)14-8-13(12-6-4-3-5-7-12)10-22-17(14)18-15(9-20-22)16(23)11-25-18/h3-9H,10-11H2,1-2H3. The van der Waals surface area contributed by atoms with Crippen molar-refractivity contribution in [1.29, 1.82) is 0 Å². The zero-order valence-electron chi connectivity index (χ0n) is 14.0. The van der Waals surface area contributed by atoms with Crippen LogP contribution in [0.1, 0.15) is 5.56 Å². The summed E-state index contributed by atoms with van der Waals surface area (Å²) in [5.41, 5.74) is 4.06. The molecule has 0 saturated carbocycles. The van der Waals surface area contributed by atoms with Crippen molar-refractivity contribution < 1.29 is 9.59 Å². The summed E-state index contributed by atoms with van der Waals surface area (Å²) in [5, 5.41) is 6.30. The minimum atomic E-state index is -0.0861. The van der Waals surface area contributed by atoms with Gasteiger partial charge < -0.3 is 4.90 Å². The van der Waals surface area contributed by atoms with Gasteiger partial charge in [-0.3, -0.25) is 14.6 Å². The Morgan fingerprint density at radius 3 is 2.72 bits per heavy atom. The van der Waals surface area contributed by atoms with E-state index in [4.69, 9.17) is 0 Å². The minimum Gasteiger partial charge on any atom is -0.345 e. The molecule has 5 nitrogen and oxygen atoms in total. The molecule has 1 amide bonds. The number of thioether (sulfide) groups is 1. The molecule has 4 rings (SSSR count). The maximum atomic E-state index is 12.8. The summed E-state index contributed by atoms with van der Waals surface area (Å²) in [5.74, 6) is 0.398. The van der Waals surface area contributed by atoms with Crippen LogP contribution >= 0.6 is 11.8 Å². The summed E-state index contributed by atoms with van der Waals surface area (Å²) in [6, 6.07) is 9.99. The molecule has 25 heavy (non-hydrogen) atoms. The molecule has 126 valence electrons. The molecule has 0 bridgehead atoms. The smallest absolute Gasteiger partial charge is 0.255 e. The summed E-state index contributed by atoms with van der Waals surface area (Å²) >= 11 is 1.49. The van der Waals surface area contributed by atoms with E-state index in [0.29, 0.717) is 23.4 Å². The lowest BCUT2D eigenvalue weighted by molar-refractivity contribution is -0.124. The second-order valence-corrected chi connectivity index (χ2v) is 7.24. The van der Waals surface area contributed by atoms with E-state index < -0.39 is 0 Å². The quantitative estimate of drug-likeness (QED) is 0.820. The summed E-state index contributed by atoms with van der Waals surface area (Å²) in [6.45, 7) is 0.575. The Bertz CT molecular complexity index is 895. The van der Waals surface area contributed by atoms with Crippen LogP contribution in [0.2, 0.25) is 0 Å². The summed E-state index contributed by atoms with van der Waals surface area (Å²) in [4.78, 5) is 27.3. The lowest BCUT2D eigenvalue weighted by Gasteiger charge is -2.32. The van der Waals surface area contributed by atoms with E-state index in [9.17, 15) is 9.59 Å². The Morgan fingerprint density at radius 1 is 1.24 bits per heavy atom. The van der Waals surface area contributed by atoms with Crippen LogP contribution < -0.4 is 0 Å². The number of carbonyl (C=O) groups is 2. The highest BCUT2D eigenvalue weighted by Crippen LogP contribution is 2.43. The first kappa shape index (κ1) is 15.9. The van der Waals surface area contributed by atoms with Crippen LogP contribution in [0.3, 0.4) is 0 Å². The van der Waals surface area contributed by atoms with Crippen molar-refractivity contribution in [2.24, 2.45) is 5.10 Å². The van der Waals surface area contributed by atoms with Crippen LogP contribution in [0.4, 0.5) is 0 Å². The monoisotopic (exact) mass is 351 g/mol. The Kier molecular flexibility index (Phi) is 3.84. The van der Waals surface area contributed by atoms with E-state index in [0.717, 1.165) is 21.7 Å². The molecule has 3 aliphatic rings. The Labute approximate surface area is 150 Å². The number of fused-ring (bicyclic) bond motifs is 2. The average Bonchev–Trinajstić information content (AvgIpc) is 3.02. The van der Waals surface area contributed by atoms with Crippen molar-refractivity contribution in [1.82, 2.24) is 9.91 Å². The summed E-state index contributed by atoms with van der Waals surface area (Å²) < 4.78 is 0. The second kappa shape index (κ2) is 6.04. The Morgan fingerprint density at radius 2 is 2.00 bits per heavy atom. The van der Waals surface area contributed by atoms with E-state index in [1.54, 1.807) is 25.2 Å². The number of hydrogen-bond donors (Lipinski definition) is 0. The fraction of sp³-hybridized carbons (Fsp3) is 0.211. The number of nitrogens with zero attached hydrogens (tertiary/aromatic N) is 3. The minimum absolute atomic E-state index is 0.0744. The van der Waals surface area contributed by atoms with Gasteiger partial charge in [-0.2, -0.15) is 5.10 Å². The Balaban J connectivity index is 1.90. The topological polar surface area (TPSA) is 53.0 Å². The summed E-state index contributed by atoms with van der Waals surface area (Å²) in [6.07, 6.45) is 3.57. The predicted octanol–water partition coefficient (Wildman–Crippen LogP) is 2.30. The third-order valence-electron chi connectivity index (χ3n) is 4.37. The largest absolute Gasteiger partial charge is 0.345 e. The lowest BCUT2D eigenvalue weighted by Crippen LogP contribution is -2.33. The number of benzene rings is 1. The molecule has 0 saturated heterocycles. The number of rotatable bonds is 2. The number of hydrazone groups is 1. The third kappa shape index (κ3) is 2.62. The SMILES string of the molecule is CN(C)C(=O)C1=C2C3=C(C=NN2CC(c2ccccc2)=C1)C(=O)CS3. The molecule has 0 N–H and O–H groups in total. The van der Waals surface area contributed by atoms with Gasteiger partial charge in [0.2, 0.25) is 0 Å². The molecule has 0 spiro atoms. The highest BCUT2D eigenvalue weighted by atomic mass is 32.2. The van der Waals surface area contributed by atoms with Crippen LogP contribution in [-0.4, -0.2) is 54.2 Å². The highest BCUT2D eigenvalue weighted by Gasteiger charge is 2.36. The van der Waals surface area contributed by atoms with Gasteiger partial charge in [0.05, 0.1) is 35.4 Å². The first-order valence-electron chi connectivity index (χ1n) is 8.00. The van der Waals surface area contributed by atoms with Crippen LogP contribution in [0.25, 0.3) is 5.57 Å². The molecular formula is C19H17N3O2S. The van der Waals surface area contributed by atoms with Gasteiger partial charge in [-0.25, -0.2) is 0 Å². The molecule has 1 aromatic carbocycles. The van der Waals surface area contributed by atoms with Crippen LogP contribution in [0.15, 0.2) is 63.3 Å². The number of likely N-dealkylation sites (N-methyl/N-ethyl adjacent to an activating group) is 1. The van der Waals surface area contributed by atoms with Crippen LogP contribution in [0.5, 0.6) is 0 Å². The molecule has 0 aromatic heterocycles. The fourth-order valence-electron chi connectivity index (χ4n) is 3.11. The Hall–Kier alpha value is -2.60. The molecule has 0 radical (unpaired) electrons. The molecular weight excluding hydrogens is 334 g/mol. The first-order chi connectivity index (χ1) is 12.1. The van der Waals surface area contributed by atoms with Gasteiger partial charge >= 0.3 is 0 Å². The molecule has 3 aliphatic heterocycles. The molecule has 1 aromatic rings. The number of ketones is 1. The molecule has 0 fully saturated rings. The number of carbonyl (C=O) groups excluding carboxylic acids is 2. The van der Waals surface area contributed by atoms with Gasteiger partial charge in [-0.15, -0.1) is 11.8 Å². The van der Waals surface area contributed by atoms with Crippen molar-refractivity contribution in [3.63, 3.8) is 0 Å². The van der Waals surface area contributed by atoms with E-state index in [1.807, 2.05) is 41.4 Å². The van der Waals surface area contributed by atoms with Crippen LogP contribution in [-0.2, 0) is 9.59 Å². The van der Waals surface area contributed by atoms with Crippen molar-refractivity contribution in [3.05, 3.63) is 63.7 Å².